The summed E-state index contributed by atoms with van der Waals surface area (Å²) < 4.78 is 25.9. The highest BCUT2D eigenvalue weighted by molar-refractivity contribution is 9.10. The average molecular weight is 282 g/mol. The van der Waals surface area contributed by atoms with E-state index in [-0.39, 0.29) is 12.4 Å². The summed E-state index contributed by atoms with van der Waals surface area (Å²) in [7, 11) is -3.97. The van der Waals surface area contributed by atoms with E-state index >= 15 is 0 Å². The van der Waals surface area contributed by atoms with Crippen molar-refractivity contribution >= 4 is 26.2 Å². The molecule has 3 N–H and O–H groups in total. The molecule has 5 nitrogen and oxygen atoms in total. The van der Waals surface area contributed by atoms with E-state index in [0.717, 1.165) is 0 Å². The monoisotopic (exact) mass is 281 g/mol. The molecule has 0 bridgehead atoms. The van der Waals surface area contributed by atoms with E-state index in [0.29, 0.717) is 10.0 Å². The van der Waals surface area contributed by atoms with Crippen LogP contribution in [-0.4, -0.2) is 13.5 Å². The molecule has 0 saturated heterocycles. The van der Waals surface area contributed by atoms with Gasteiger partial charge in [0.2, 0.25) is 0 Å². The fraction of sp³-hybridized carbons (Fsp3) is 0.143. The van der Waals surface area contributed by atoms with Gasteiger partial charge in [0.25, 0.3) is 0 Å². The van der Waals surface area contributed by atoms with Crippen LogP contribution in [0.2, 0.25) is 0 Å². The summed E-state index contributed by atoms with van der Waals surface area (Å²) in [6.45, 7) is -0.280. The van der Waals surface area contributed by atoms with Crippen LogP contribution in [0.4, 0.5) is 0 Å². The van der Waals surface area contributed by atoms with Gasteiger partial charge in [-0.2, -0.15) is 8.42 Å². The molecule has 0 atom stereocenters. The molecule has 0 amide bonds. The zero-order chi connectivity index (χ0) is 10.8. The van der Waals surface area contributed by atoms with Crippen LogP contribution in [0, 0.1) is 0 Å². The number of benzene rings is 1. The van der Waals surface area contributed by atoms with Crippen molar-refractivity contribution in [1.82, 2.24) is 0 Å². The third-order valence-corrected chi connectivity index (χ3v) is 2.37. The smallest absolute Gasteiger partial charge is 0.333 e. The SMILES string of the molecule is NS(=O)(=O)OCc1ccc(Br)cc1O. The van der Waals surface area contributed by atoms with Crippen LogP contribution in [0.15, 0.2) is 22.7 Å². The normalized spacial score (nSPS) is 11.6. The maximum absolute atomic E-state index is 10.4. The van der Waals surface area contributed by atoms with Gasteiger partial charge >= 0.3 is 10.3 Å². The second kappa shape index (κ2) is 4.26. The Bertz CT molecular complexity index is 431. The molecular weight excluding hydrogens is 274 g/mol. The second-order valence-corrected chi connectivity index (χ2v) is 4.66. The van der Waals surface area contributed by atoms with Gasteiger partial charge in [-0.3, -0.25) is 4.18 Å². The fourth-order valence-corrected chi connectivity index (χ4v) is 1.44. The van der Waals surface area contributed by atoms with Crippen molar-refractivity contribution in [2.24, 2.45) is 5.14 Å². The standard InChI is InChI=1S/C7H8BrNO4S/c8-6-2-1-5(7(10)3-6)4-13-14(9,11)12/h1-3,10H,4H2,(H2,9,11,12). The van der Waals surface area contributed by atoms with Gasteiger partial charge in [0.15, 0.2) is 0 Å². The predicted octanol–water partition coefficient (Wildman–Crippen LogP) is 0.875. The lowest BCUT2D eigenvalue weighted by Gasteiger charge is -2.04. The van der Waals surface area contributed by atoms with Gasteiger partial charge in [-0.25, -0.2) is 5.14 Å². The molecule has 0 heterocycles. The molecule has 0 spiro atoms. The summed E-state index contributed by atoms with van der Waals surface area (Å²) in [4.78, 5) is 0. The summed E-state index contributed by atoms with van der Waals surface area (Å²) in [6, 6.07) is 4.62. The zero-order valence-corrected chi connectivity index (χ0v) is 9.38. The van der Waals surface area contributed by atoms with E-state index in [1.165, 1.54) is 12.1 Å². The van der Waals surface area contributed by atoms with Crippen LogP contribution >= 0.6 is 15.9 Å². The topological polar surface area (TPSA) is 89.6 Å². The van der Waals surface area contributed by atoms with Gasteiger partial charge in [-0.1, -0.05) is 22.0 Å². The van der Waals surface area contributed by atoms with Gasteiger partial charge in [0.05, 0.1) is 6.61 Å². The molecule has 7 heteroatoms. The lowest BCUT2D eigenvalue weighted by Crippen LogP contribution is -2.15. The lowest BCUT2D eigenvalue weighted by molar-refractivity contribution is 0.302. The summed E-state index contributed by atoms with van der Waals surface area (Å²) in [5.41, 5.74) is 0.349. The first-order valence-corrected chi connectivity index (χ1v) is 5.79. The molecule has 1 aromatic carbocycles. The summed E-state index contributed by atoms with van der Waals surface area (Å²) in [5.74, 6) is -0.0528. The van der Waals surface area contributed by atoms with Crippen LogP contribution in [0.3, 0.4) is 0 Å². The van der Waals surface area contributed by atoms with Crippen molar-refractivity contribution < 1.29 is 17.7 Å². The number of rotatable bonds is 3. The van der Waals surface area contributed by atoms with Crippen molar-refractivity contribution in [1.29, 1.82) is 0 Å². The number of aromatic hydroxyl groups is 1. The molecule has 0 radical (unpaired) electrons. The summed E-state index contributed by atoms with van der Waals surface area (Å²) >= 11 is 3.14. The third kappa shape index (κ3) is 3.62. The Morgan fingerprint density at radius 2 is 2.14 bits per heavy atom. The number of hydrogen-bond donors (Lipinski definition) is 2. The molecule has 0 fully saturated rings. The average Bonchev–Trinajstić information content (AvgIpc) is 2.00. The minimum atomic E-state index is -3.97. The van der Waals surface area contributed by atoms with Crippen molar-refractivity contribution in [2.75, 3.05) is 0 Å². The van der Waals surface area contributed by atoms with Crippen LogP contribution in [0.25, 0.3) is 0 Å². The van der Waals surface area contributed by atoms with Crippen molar-refractivity contribution in [2.45, 2.75) is 6.61 Å². The molecule has 78 valence electrons. The first kappa shape index (κ1) is 11.4. The van der Waals surface area contributed by atoms with E-state index in [9.17, 15) is 13.5 Å². The van der Waals surface area contributed by atoms with Gasteiger partial charge in [0, 0.05) is 10.0 Å². The summed E-state index contributed by atoms with van der Waals surface area (Å²) in [6.07, 6.45) is 0. The van der Waals surface area contributed by atoms with E-state index in [4.69, 9.17) is 0 Å². The minimum Gasteiger partial charge on any atom is -0.508 e. The molecular formula is C7H8BrNO4S. The number of halogens is 1. The highest BCUT2D eigenvalue weighted by Crippen LogP contribution is 2.22. The van der Waals surface area contributed by atoms with E-state index in [2.05, 4.69) is 25.3 Å². The van der Waals surface area contributed by atoms with Gasteiger partial charge in [0.1, 0.15) is 5.75 Å². The quantitative estimate of drug-likeness (QED) is 0.861. The summed E-state index contributed by atoms with van der Waals surface area (Å²) in [5, 5.41) is 14.0. The Morgan fingerprint density at radius 3 is 2.64 bits per heavy atom. The molecule has 0 aromatic heterocycles. The molecule has 1 rings (SSSR count). The van der Waals surface area contributed by atoms with Crippen LogP contribution in [0.5, 0.6) is 5.75 Å². The van der Waals surface area contributed by atoms with Gasteiger partial charge in [-0.15, -0.1) is 0 Å². The first-order chi connectivity index (χ1) is 6.38. The van der Waals surface area contributed by atoms with Crippen molar-refractivity contribution in [3.05, 3.63) is 28.2 Å². The molecule has 0 aliphatic heterocycles. The van der Waals surface area contributed by atoms with Crippen molar-refractivity contribution in [3.8, 4) is 5.75 Å². The van der Waals surface area contributed by atoms with E-state index < -0.39 is 10.3 Å². The molecule has 1 aromatic rings. The maximum atomic E-state index is 10.4. The fourth-order valence-electron chi connectivity index (χ4n) is 0.805. The number of phenols is 1. The van der Waals surface area contributed by atoms with Crippen LogP contribution in [-0.2, 0) is 21.1 Å². The van der Waals surface area contributed by atoms with Crippen molar-refractivity contribution in [3.63, 3.8) is 0 Å². The largest absolute Gasteiger partial charge is 0.508 e. The predicted molar refractivity (Wildman–Crippen MR) is 53.7 cm³/mol. The highest BCUT2D eigenvalue weighted by atomic mass is 79.9. The third-order valence-electron chi connectivity index (χ3n) is 1.43. The maximum Gasteiger partial charge on any atom is 0.333 e. The number of phenolic OH excluding ortho intramolecular Hbond substituents is 1. The Balaban J connectivity index is 2.78. The molecule has 14 heavy (non-hydrogen) atoms. The Hall–Kier alpha value is -0.630. The molecule has 0 aliphatic carbocycles. The highest BCUT2D eigenvalue weighted by Gasteiger charge is 2.06. The number of hydrogen-bond acceptors (Lipinski definition) is 4. The van der Waals surface area contributed by atoms with Crippen LogP contribution < -0.4 is 5.14 Å². The Labute approximate surface area is 89.9 Å². The Morgan fingerprint density at radius 1 is 1.50 bits per heavy atom. The Kier molecular flexibility index (Phi) is 3.48. The molecule has 0 saturated carbocycles. The molecule has 0 aliphatic rings. The minimum absolute atomic E-state index is 0.0528. The second-order valence-electron chi connectivity index (χ2n) is 2.53. The zero-order valence-electron chi connectivity index (χ0n) is 6.97. The van der Waals surface area contributed by atoms with E-state index in [1.54, 1.807) is 6.07 Å². The van der Waals surface area contributed by atoms with Gasteiger partial charge < -0.3 is 5.11 Å². The molecule has 0 unspecified atom stereocenters. The van der Waals surface area contributed by atoms with E-state index in [1.807, 2.05) is 0 Å². The van der Waals surface area contributed by atoms with Gasteiger partial charge in [-0.05, 0) is 12.1 Å². The lowest BCUT2D eigenvalue weighted by atomic mass is 10.2. The first-order valence-electron chi connectivity index (χ1n) is 3.53. The van der Waals surface area contributed by atoms with Crippen LogP contribution in [0.1, 0.15) is 5.56 Å². The number of nitrogens with two attached hydrogens (primary N) is 1.